The molecule has 7 nitrogen and oxygen atoms in total. The summed E-state index contributed by atoms with van der Waals surface area (Å²) < 4.78 is 49.2. The summed E-state index contributed by atoms with van der Waals surface area (Å²) in [6, 6.07) is 10.6. The lowest BCUT2D eigenvalue weighted by Crippen LogP contribution is -2.52. The first-order chi connectivity index (χ1) is 16.8. The Labute approximate surface area is 199 Å². The van der Waals surface area contributed by atoms with Crippen molar-refractivity contribution in [3.63, 3.8) is 0 Å². The Morgan fingerprint density at radius 2 is 1.83 bits per heavy atom. The number of aryl methyl sites for hydroxylation is 1. The molecular formula is C25H23F3N6O. The molecule has 4 aromatic rings. The van der Waals surface area contributed by atoms with Crippen molar-refractivity contribution in [3.05, 3.63) is 71.9 Å². The number of hydrogen-bond acceptors (Lipinski definition) is 6. The molecule has 35 heavy (non-hydrogen) atoms. The van der Waals surface area contributed by atoms with Crippen LogP contribution in [0.5, 0.6) is 5.75 Å². The molecule has 3 aromatic heterocycles. The number of fused-ring (bicyclic) bond motifs is 2. The minimum atomic E-state index is -4.59. The van der Waals surface area contributed by atoms with Gasteiger partial charge in [0.25, 0.3) is 0 Å². The number of piperidine rings is 1. The van der Waals surface area contributed by atoms with E-state index in [4.69, 9.17) is 15.5 Å². The number of anilines is 1. The normalized spacial score (nSPS) is 19.2. The minimum Gasteiger partial charge on any atom is -0.485 e. The average Bonchev–Trinajstić information content (AvgIpc) is 3.42. The van der Waals surface area contributed by atoms with Crippen molar-refractivity contribution in [2.45, 2.75) is 37.6 Å². The van der Waals surface area contributed by atoms with Crippen LogP contribution >= 0.6 is 0 Å². The zero-order chi connectivity index (χ0) is 24.4. The first kappa shape index (κ1) is 21.8. The molecule has 1 saturated heterocycles. The van der Waals surface area contributed by atoms with Crippen molar-refractivity contribution in [2.24, 2.45) is 5.73 Å². The minimum absolute atomic E-state index is 0.0339. The molecule has 1 atom stereocenters. The maximum atomic E-state index is 13.7. The van der Waals surface area contributed by atoms with Gasteiger partial charge in [-0.25, -0.2) is 9.97 Å². The monoisotopic (exact) mass is 480 g/mol. The molecule has 0 unspecified atom stereocenters. The van der Waals surface area contributed by atoms with Crippen LogP contribution in [0.3, 0.4) is 0 Å². The number of nitrogens with two attached hydrogens (primary N) is 1. The second kappa shape index (κ2) is 7.67. The van der Waals surface area contributed by atoms with E-state index >= 15 is 0 Å². The smallest absolute Gasteiger partial charge is 0.433 e. The van der Waals surface area contributed by atoms with Gasteiger partial charge in [0.15, 0.2) is 5.69 Å². The van der Waals surface area contributed by atoms with Gasteiger partial charge in [-0.1, -0.05) is 24.3 Å². The molecule has 0 aliphatic carbocycles. The predicted octanol–water partition coefficient (Wildman–Crippen LogP) is 4.55. The van der Waals surface area contributed by atoms with Crippen molar-refractivity contribution in [3.8, 4) is 16.9 Å². The molecule has 2 aliphatic heterocycles. The third-order valence-corrected chi connectivity index (χ3v) is 7.08. The Morgan fingerprint density at radius 3 is 2.57 bits per heavy atom. The Kier molecular flexibility index (Phi) is 4.79. The van der Waals surface area contributed by atoms with Gasteiger partial charge < -0.3 is 15.4 Å². The summed E-state index contributed by atoms with van der Waals surface area (Å²) in [4.78, 5) is 14.9. The number of alkyl halides is 3. The third-order valence-electron chi connectivity index (χ3n) is 7.08. The average molecular weight is 480 g/mol. The quantitative estimate of drug-likeness (QED) is 0.453. The van der Waals surface area contributed by atoms with Crippen LogP contribution in [0.4, 0.5) is 19.1 Å². The molecule has 1 aromatic carbocycles. The van der Waals surface area contributed by atoms with Gasteiger partial charge >= 0.3 is 6.18 Å². The van der Waals surface area contributed by atoms with Gasteiger partial charge in [0.05, 0.1) is 11.7 Å². The van der Waals surface area contributed by atoms with Gasteiger partial charge in [-0.2, -0.15) is 13.2 Å². The maximum absolute atomic E-state index is 13.7. The van der Waals surface area contributed by atoms with E-state index in [0.29, 0.717) is 48.8 Å². The van der Waals surface area contributed by atoms with Crippen LogP contribution < -0.4 is 15.4 Å². The summed E-state index contributed by atoms with van der Waals surface area (Å²) in [7, 11) is 0. The lowest BCUT2D eigenvalue weighted by molar-refractivity contribution is -0.140. The fraction of sp³-hybridized carbons (Fsp3) is 0.320. The molecule has 0 saturated carbocycles. The number of ether oxygens (including phenoxy) is 1. The SMILES string of the molecule is Cc1nc(N2CCC3(CC2)Oc2ccccc2[C@H]3N)n2ccnc2c1-c1cccnc1C(F)(F)F. The number of aromatic nitrogens is 4. The predicted molar refractivity (Wildman–Crippen MR) is 124 cm³/mol. The molecule has 0 amide bonds. The van der Waals surface area contributed by atoms with Crippen molar-refractivity contribution >= 4 is 11.6 Å². The van der Waals surface area contributed by atoms with E-state index in [1.54, 1.807) is 23.7 Å². The molecule has 180 valence electrons. The van der Waals surface area contributed by atoms with E-state index in [9.17, 15) is 13.2 Å². The van der Waals surface area contributed by atoms with Gasteiger partial charge in [0, 0.05) is 61.2 Å². The Morgan fingerprint density at radius 1 is 1.06 bits per heavy atom. The number of benzene rings is 1. The molecule has 0 bridgehead atoms. The lowest BCUT2D eigenvalue weighted by atomic mass is 9.83. The molecule has 10 heteroatoms. The highest BCUT2D eigenvalue weighted by Crippen LogP contribution is 2.47. The summed E-state index contributed by atoms with van der Waals surface area (Å²) in [5, 5.41) is 0. The van der Waals surface area contributed by atoms with E-state index in [0.717, 1.165) is 17.5 Å². The van der Waals surface area contributed by atoms with Crippen molar-refractivity contribution < 1.29 is 17.9 Å². The largest absolute Gasteiger partial charge is 0.485 e. The van der Waals surface area contributed by atoms with Gasteiger partial charge in [0.1, 0.15) is 17.0 Å². The zero-order valence-corrected chi connectivity index (χ0v) is 19.0. The van der Waals surface area contributed by atoms with E-state index < -0.39 is 17.5 Å². The molecule has 2 N–H and O–H groups in total. The first-order valence-corrected chi connectivity index (χ1v) is 11.4. The van der Waals surface area contributed by atoms with Crippen molar-refractivity contribution in [2.75, 3.05) is 18.0 Å². The van der Waals surface area contributed by atoms with E-state index in [1.807, 2.05) is 24.3 Å². The second-order valence-electron chi connectivity index (χ2n) is 9.06. The molecule has 1 fully saturated rings. The summed E-state index contributed by atoms with van der Waals surface area (Å²) in [6.07, 6.45) is 1.24. The molecule has 0 radical (unpaired) electrons. The summed E-state index contributed by atoms with van der Waals surface area (Å²) in [6.45, 7) is 2.99. The second-order valence-corrected chi connectivity index (χ2v) is 9.06. The molecule has 1 spiro atoms. The van der Waals surface area contributed by atoms with Gasteiger partial charge in [0.2, 0.25) is 5.95 Å². The number of pyridine rings is 1. The Bertz CT molecular complexity index is 1420. The number of halogens is 3. The number of hydrogen-bond donors (Lipinski definition) is 1. The summed E-state index contributed by atoms with van der Waals surface area (Å²) in [5.41, 5.74) is 7.36. The number of para-hydroxylation sites is 1. The zero-order valence-electron chi connectivity index (χ0n) is 19.0. The first-order valence-electron chi connectivity index (χ1n) is 11.4. The number of nitrogens with zero attached hydrogens (tertiary/aromatic N) is 5. The summed E-state index contributed by atoms with van der Waals surface area (Å²) in [5.74, 6) is 1.47. The van der Waals surface area contributed by atoms with Crippen LogP contribution in [0, 0.1) is 6.92 Å². The third kappa shape index (κ3) is 3.35. The van der Waals surface area contributed by atoms with E-state index in [2.05, 4.69) is 14.9 Å². The standard InChI is InChI=1S/C25H23F3N6O/c1-15-19(17-6-4-10-30-21(17)25(26,27)28)22-31-11-14-34(22)23(32-15)33-12-8-24(9-13-33)20(29)16-5-2-3-7-18(16)35-24/h2-7,10-11,14,20H,8-9,12-13,29H2,1H3/t20-/m1/s1. The van der Waals surface area contributed by atoms with Gasteiger partial charge in [-0.15, -0.1) is 0 Å². The molecule has 2 aliphatic rings. The van der Waals surface area contributed by atoms with Crippen LogP contribution in [0.1, 0.15) is 35.8 Å². The van der Waals surface area contributed by atoms with Crippen LogP contribution in [0.25, 0.3) is 16.8 Å². The fourth-order valence-electron chi connectivity index (χ4n) is 5.34. The fourth-order valence-corrected chi connectivity index (χ4v) is 5.34. The molecule has 5 heterocycles. The highest BCUT2D eigenvalue weighted by Gasteiger charge is 2.48. The number of imidazole rings is 1. The summed E-state index contributed by atoms with van der Waals surface area (Å²) >= 11 is 0. The van der Waals surface area contributed by atoms with E-state index in [1.165, 1.54) is 12.1 Å². The Balaban J connectivity index is 1.35. The van der Waals surface area contributed by atoms with E-state index in [-0.39, 0.29) is 11.6 Å². The van der Waals surface area contributed by atoms with Crippen molar-refractivity contribution in [1.29, 1.82) is 0 Å². The maximum Gasteiger partial charge on any atom is 0.433 e. The Hall–Kier alpha value is -3.66. The topological polar surface area (TPSA) is 81.6 Å². The van der Waals surface area contributed by atoms with Crippen molar-refractivity contribution in [1.82, 2.24) is 19.4 Å². The molecule has 6 rings (SSSR count). The highest BCUT2D eigenvalue weighted by molar-refractivity contribution is 5.82. The van der Waals surface area contributed by atoms with Gasteiger partial charge in [-0.3, -0.25) is 9.38 Å². The van der Waals surface area contributed by atoms with Gasteiger partial charge in [-0.05, 0) is 19.1 Å². The van der Waals surface area contributed by atoms with Crippen LogP contribution in [0.15, 0.2) is 55.0 Å². The number of rotatable bonds is 2. The van der Waals surface area contributed by atoms with Crippen LogP contribution in [0.2, 0.25) is 0 Å². The van der Waals surface area contributed by atoms with Crippen LogP contribution in [-0.4, -0.2) is 38.0 Å². The lowest BCUT2D eigenvalue weighted by Gasteiger charge is -2.41. The van der Waals surface area contributed by atoms with Crippen LogP contribution in [-0.2, 0) is 6.18 Å². The molecular weight excluding hydrogens is 457 g/mol. The highest BCUT2D eigenvalue weighted by atomic mass is 19.4.